The Labute approximate surface area is 103 Å². The highest BCUT2D eigenvalue weighted by atomic mass is 79.9. The summed E-state index contributed by atoms with van der Waals surface area (Å²) in [7, 11) is 1.57. The Morgan fingerprint density at radius 3 is 2.12 bits per heavy atom. The van der Waals surface area contributed by atoms with Gasteiger partial charge in [0.2, 0.25) is 0 Å². The fraction of sp³-hybridized carbons (Fsp3) is 1.00. The van der Waals surface area contributed by atoms with Crippen LogP contribution >= 0.6 is 15.9 Å². The maximum atomic E-state index is 12.2. The van der Waals surface area contributed by atoms with Gasteiger partial charge in [-0.05, 0) is 20.3 Å². The third-order valence-electron chi connectivity index (χ3n) is 2.39. The lowest BCUT2D eigenvalue weighted by atomic mass is 10.1. The van der Waals surface area contributed by atoms with Crippen molar-refractivity contribution in [1.29, 1.82) is 0 Å². The van der Waals surface area contributed by atoms with Gasteiger partial charge in [-0.3, -0.25) is 4.90 Å². The fourth-order valence-electron chi connectivity index (χ4n) is 1.17. The van der Waals surface area contributed by atoms with Gasteiger partial charge in [0, 0.05) is 25.5 Å². The molecule has 98 valence electrons. The minimum atomic E-state index is -4.14. The van der Waals surface area contributed by atoms with Crippen LogP contribution in [0.1, 0.15) is 20.3 Å². The van der Waals surface area contributed by atoms with Crippen molar-refractivity contribution in [3.63, 3.8) is 0 Å². The summed E-state index contributed by atoms with van der Waals surface area (Å²) in [6.07, 6.45) is -3.56. The van der Waals surface area contributed by atoms with Crippen LogP contribution in [-0.2, 0) is 4.74 Å². The van der Waals surface area contributed by atoms with Crippen LogP contribution in [0.5, 0.6) is 0 Å². The second kappa shape index (κ2) is 6.81. The second-order valence-corrected chi connectivity index (χ2v) is 5.09. The summed E-state index contributed by atoms with van der Waals surface area (Å²) in [5, 5.41) is 0.538. The minimum absolute atomic E-state index is 0.379. The zero-order chi connectivity index (χ0) is 12.8. The summed E-state index contributed by atoms with van der Waals surface area (Å²) in [4.78, 5) is 1.38. The van der Waals surface area contributed by atoms with Gasteiger partial charge in [-0.2, -0.15) is 13.2 Å². The minimum Gasteiger partial charge on any atom is -0.379 e. The van der Waals surface area contributed by atoms with Crippen molar-refractivity contribution in [2.75, 3.05) is 32.1 Å². The molecule has 0 fully saturated rings. The molecule has 0 saturated heterocycles. The molecule has 0 atom stereocenters. The topological polar surface area (TPSA) is 12.5 Å². The smallest absolute Gasteiger partial charge is 0.379 e. The molecule has 16 heavy (non-hydrogen) atoms. The molecule has 0 unspecified atom stereocenters. The van der Waals surface area contributed by atoms with Crippen LogP contribution in [0.15, 0.2) is 0 Å². The van der Waals surface area contributed by atoms with Crippen LogP contribution in [0.2, 0.25) is 0 Å². The number of hydrogen-bond acceptors (Lipinski definition) is 2. The Morgan fingerprint density at radius 2 is 1.75 bits per heavy atom. The van der Waals surface area contributed by atoms with Crippen LogP contribution in [0, 0.1) is 0 Å². The number of alkyl halides is 4. The van der Waals surface area contributed by atoms with Crippen LogP contribution in [0.3, 0.4) is 0 Å². The van der Waals surface area contributed by atoms with Crippen molar-refractivity contribution < 1.29 is 17.9 Å². The number of halogens is 4. The van der Waals surface area contributed by atoms with Gasteiger partial charge in [-0.15, -0.1) is 0 Å². The summed E-state index contributed by atoms with van der Waals surface area (Å²) in [6.45, 7) is 3.64. The van der Waals surface area contributed by atoms with E-state index in [9.17, 15) is 13.2 Å². The molecule has 0 aliphatic rings. The van der Waals surface area contributed by atoms with Gasteiger partial charge in [0.05, 0.1) is 12.1 Å². The van der Waals surface area contributed by atoms with E-state index in [4.69, 9.17) is 4.74 Å². The van der Waals surface area contributed by atoms with Crippen LogP contribution in [-0.4, -0.2) is 48.8 Å². The average molecular weight is 306 g/mol. The van der Waals surface area contributed by atoms with Gasteiger partial charge in [0.15, 0.2) is 0 Å². The normalized spacial score (nSPS) is 13.5. The Hall–Kier alpha value is 0.190. The van der Waals surface area contributed by atoms with E-state index in [1.165, 1.54) is 4.90 Å². The van der Waals surface area contributed by atoms with Crippen LogP contribution < -0.4 is 0 Å². The number of methoxy groups -OCH3 is 1. The Morgan fingerprint density at radius 1 is 1.19 bits per heavy atom. The third kappa shape index (κ3) is 8.35. The molecule has 0 bridgehead atoms. The van der Waals surface area contributed by atoms with Crippen LogP contribution in [0.25, 0.3) is 0 Å². The molecule has 0 heterocycles. The first-order valence-electron chi connectivity index (χ1n) is 5.10. The molecular weight excluding hydrogens is 287 g/mol. The number of ether oxygens (including phenoxy) is 1. The van der Waals surface area contributed by atoms with Crippen molar-refractivity contribution in [3.05, 3.63) is 0 Å². The van der Waals surface area contributed by atoms with Crippen molar-refractivity contribution in [3.8, 4) is 0 Å². The molecule has 0 aromatic carbocycles. The SMILES string of the molecule is COC(C)(C)CCN(CCBr)CC(F)(F)F. The molecule has 0 radical (unpaired) electrons. The molecule has 0 aliphatic carbocycles. The van der Waals surface area contributed by atoms with Gasteiger partial charge in [0.1, 0.15) is 0 Å². The first-order valence-corrected chi connectivity index (χ1v) is 6.22. The highest BCUT2D eigenvalue weighted by Crippen LogP contribution is 2.19. The quantitative estimate of drug-likeness (QED) is 0.670. The predicted octanol–water partition coefficient (Wildman–Crippen LogP) is 3.06. The monoisotopic (exact) mass is 305 g/mol. The van der Waals surface area contributed by atoms with Gasteiger partial charge < -0.3 is 4.74 Å². The standard InChI is InChI=1S/C10H19BrF3NO/c1-9(2,16-3)4-6-15(7-5-11)8-10(12,13)14/h4-8H2,1-3H3. The molecule has 6 heteroatoms. The summed E-state index contributed by atoms with van der Waals surface area (Å²) in [5.74, 6) is 0. The molecule has 0 amide bonds. The number of nitrogens with zero attached hydrogens (tertiary/aromatic N) is 1. The van der Waals surface area contributed by atoms with Crippen molar-refractivity contribution in [2.24, 2.45) is 0 Å². The van der Waals surface area contributed by atoms with Crippen molar-refractivity contribution in [1.82, 2.24) is 4.90 Å². The molecule has 0 aromatic heterocycles. The number of hydrogen-bond donors (Lipinski definition) is 0. The van der Waals surface area contributed by atoms with Gasteiger partial charge in [-0.25, -0.2) is 0 Å². The summed E-state index contributed by atoms with van der Waals surface area (Å²) >= 11 is 3.15. The highest BCUT2D eigenvalue weighted by Gasteiger charge is 2.31. The van der Waals surface area contributed by atoms with E-state index >= 15 is 0 Å². The molecule has 0 N–H and O–H groups in total. The van der Waals surface area contributed by atoms with Gasteiger partial charge in [0.25, 0.3) is 0 Å². The molecule has 0 aliphatic heterocycles. The van der Waals surface area contributed by atoms with E-state index in [-0.39, 0.29) is 5.60 Å². The Kier molecular flexibility index (Phi) is 6.89. The second-order valence-electron chi connectivity index (χ2n) is 4.29. The lowest BCUT2D eigenvalue weighted by Gasteiger charge is -2.28. The van der Waals surface area contributed by atoms with E-state index in [2.05, 4.69) is 15.9 Å². The predicted molar refractivity (Wildman–Crippen MR) is 62.0 cm³/mol. The zero-order valence-electron chi connectivity index (χ0n) is 9.90. The van der Waals surface area contributed by atoms with E-state index in [0.29, 0.717) is 24.8 Å². The summed E-state index contributed by atoms with van der Waals surface area (Å²) < 4.78 is 41.9. The lowest BCUT2D eigenvalue weighted by Crippen LogP contribution is -2.39. The third-order valence-corrected chi connectivity index (χ3v) is 2.74. The van der Waals surface area contributed by atoms with E-state index in [0.717, 1.165) is 0 Å². The molecule has 0 saturated carbocycles. The summed E-state index contributed by atoms with van der Waals surface area (Å²) in [6, 6.07) is 0. The zero-order valence-corrected chi connectivity index (χ0v) is 11.5. The van der Waals surface area contributed by atoms with E-state index < -0.39 is 12.7 Å². The van der Waals surface area contributed by atoms with E-state index in [1.54, 1.807) is 7.11 Å². The van der Waals surface area contributed by atoms with Crippen LogP contribution in [0.4, 0.5) is 13.2 Å². The van der Waals surface area contributed by atoms with Crippen molar-refractivity contribution in [2.45, 2.75) is 32.0 Å². The Balaban J connectivity index is 4.14. The lowest BCUT2D eigenvalue weighted by molar-refractivity contribution is -0.146. The molecular formula is C10H19BrF3NO. The van der Waals surface area contributed by atoms with Gasteiger partial charge in [-0.1, -0.05) is 15.9 Å². The molecule has 0 aromatic rings. The summed E-state index contributed by atoms with van der Waals surface area (Å²) in [5.41, 5.74) is -0.379. The number of rotatable bonds is 7. The maximum absolute atomic E-state index is 12.2. The first-order chi connectivity index (χ1) is 7.20. The maximum Gasteiger partial charge on any atom is 0.401 e. The van der Waals surface area contributed by atoms with E-state index in [1.807, 2.05) is 13.8 Å². The molecule has 0 rings (SSSR count). The first kappa shape index (κ1) is 16.2. The molecule has 2 nitrogen and oxygen atoms in total. The Bertz CT molecular complexity index is 197. The largest absolute Gasteiger partial charge is 0.401 e. The van der Waals surface area contributed by atoms with Gasteiger partial charge >= 0.3 is 6.18 Å². The fourth-order valence-corrected chi connectivity index (χ4v) is 1.67. The average Bonchev–Trinajstić information content (AvgIpc) is 2.13. The highest BCUT2D eigenvalue weighted by molar-refractivity contribution is 9.09. The van der Waals surface area contributed by atoms with Crippen molar-refractivity contribution >= 4 is 15.9 Å². The molecule has 0 spiro atoms.